The lowest BCUT2D eigenvalue weighted by Gasteiger charge is -2.36. The highest BCUT2D eigenvalue weighted by Gasteiger charge is 2.46. The van der Waals surface area contributed by atoms with Crippen LogP contribution in [0.4, 0.5) is 0 Å². The van der Waals surface area contributed by atoms with E-state index in [0.717, 1.165) is 12.7 Å². The van der Waals surface area contributed by atoms with Gasteiger partial charge in [0.1, 0.15) is 35.9 Å². The maximum Gasteiger partial charge on any atom is 0.335 e. The van der Waals surface area contributed by atoms with Crippen LogP contribution in [-0.4, -0.2) is 84.4 Å². The van der Waals surface area contributed by atoms with Crippen LogP contribution in [0.1, 0.15) is 5.56 Å². The molecular weight excluding hydrogens is 950 g/mol. The van der Waals surface area contributed by atoms with E-state index < -0.39 is 48.7 Å². The van der Waals surface area contributed by atoms with Crippen molar-refractivity contribution >= 4 is 102 Å². The van der Waals surface area contributed by atoms with Crippen LogP contribution in [-0.2, 0) is 20.7 Å². The van der Waals surface area contributed by atoms with E-state index in [2.05, 4.69) is 95.1 Å². The molecule has 12 nitrogen and oxygen atoms in total. The summed E-state index contributed by atoms with van der Waals surface area (Å²) in [5.74, 6) is -0.967. The van der Waals surface area contributed by atoms with Crippen LogP contribution < -0.4 is 10.5 Å². The molecule has 37 heavy (non-hydrogen) atoms. The molecule has 2 aromatic carbocycles. The number of ether oxygens (including phenoxy) is 2. The van der Waals surface area contributed by atoms with Gasteiger partial charge in [-0.2, -0.15) is 0 Å². The lowest BCUT2D eigenvalue weighted by atomic mass is 9.99. The zero-order chi connectivity index (χ0) is 28.2. The van der Waals surface area contributed by atoms with Gasteiger partial charge in [-0.1, -0.05) is 0 Å². The Morgan fingerprint density at radius 1 is 0.892 bits per heavy atom. The smallest absolute Gasteiger partial charge is 0.335 e. The van der Waals surface area contributed by atoms with Gasteiger partial charge in [0.15, 0.2) is 18.1 Å². The summed E-state index contributed by atoms with van der Waals surface area (Å²) in [6, 6.07) is 6.34. The molecule has 0 bridgehead atoms. The zero-order valence-electron chi connectivity index (χ0n) is 18.3. The Kier molecular flexibility index (Phi) is 12.7. The van der Waals surface area contributed by atoms with Gasteiger partial charge in [-0.05, 0) is 127 Å². The number of phenolic OH excluding ortho intramolecular Hbond substituents is 1. The number of benzene rings is 2. The molecule has 0 aliphatic carbocycles. The van der Waals surface area contributed by atoms with Crippen molar-refractivity contribution in [2.45, 2.75) is 43.2 Å². The van der Waals surface area contributed by atoms with Crippen molar-refractivity contribution in [3.8, 4) is 17.2 Å². The lowest BCUT2D eigenvalue weighted by molar-refractivity contribution is -0.279. The molecule has 0 saturated carbocycles. The van der Waals surface area contributed by atoms with Crippen LogP contribution in [0, 0.1) is 14.3 Å². The van der Waals surface area contributed by atoms with Crippen molar-refractivity contribution in [3.63, 3.8) is 0 Å². The second-order valence-corrected chi connectivity index (χ2v) is 12.3. The number of hydrogen-bond donors (Lipinski definition) is 8. The summed E-state index contributed by atoms with van der Waals surface area (Å²) in [5.41, 5.74) is 6.44. The number of hydrogen-bond acceptors (Lipinski definition) is 10. The molecule has 1 aliphatic heterocycles. The molecule has 1 heterocycles. The topological polar surface area (TPSA) is 220 Å². The molecule has 1 fully saturated rings. The average molecular weight is 971 g/mol. The SMILES string of the molecule is NC(Cc1cc(I)c(Oc2cc(I)c(O)c(I)c2)c(I)c1)C(=O)O.O=C(O)[C@H]1O[C@@H](O)[C@H](O)[C@@H](O)[C@@H]1O. The highest BCUT2D eigenvalue weighted by atomic mass is 127. The standard InChI is InChI=1S/C15H11I4NO4.C6H10O7/c16-8-4-7(5-9(17)13(8)21)24-14-10(18)1-6(2-11(14)19)3-12(20)15(22)23;7-1-2(8)4(5(10)11)13-6(12)3(1)9/h1-2,4-5,12,21H,3,20H2,(H,22,23);1-4,6-9,12H,(H,10,11)/t;1-,2-,3+,4-,6+/m.0/s1. The number of halogens is 4. The Hall–Kier alpha value is -0.340. The highest BCUT2D eigenvalue weighted by Crippen LogP contribution is 2.37. The van der Waals surface area contributed by atoms with Crippen molar-refractivity contribution in [3.05, 3.63) is 44.1 Å². The summed E-state index contributed by atoms with van der Waals surface area (Å²) in [6.07, 6.45) is -8.46. The van der Waals surface area contributed by atoms with Gasteiger partial charge in [0.25, 0.3) is 0 Å². The molecule has 0 aromatic heterocycles. The number of carboxylic acids is 2. The number of aliphatic hydroxyl groups is 4. The number of aromatic hydroxyl groups is 1. The van der Waals surface area contributed by atoms with E-state index in [1.165, 1.54) is 0 Å². The molecule has 0 amide bonds. The fourth-order valence-electron chi connectivity index (χ4n) is 2.95. The Morgan fingerprint density at radius 3 is 1.86 bits per heavy atom. The molecule has 0 spiro atoms. The van der Waals surface area contributed by atoms with E-state index in [9.17, 15) is 14.7 Å². The number of phenols is 1. The first-order valence-corrected chi connectivity index (χ1v) is 14.4. The van der Waals surface area contributed by atoms with Crippen molar-refractivity contribution in [1.29, 1.82) is 0 Å². The first-order chi connectivity index (χ1) is 17.1. The fourth-order valence-corrected chi connectivity index (χ4v) is 6.78. The Bertz CT molecular complexity index is 1110. The summed E-state index contributed by atoms with van der Waals surface area (Å²) in [7, 11) is 0. The third kappa shape index (κ3) is 8.83. The van der Waals surface area contributed by atoms with Gasteiger partial charge < -0.3 is 51.0 Å². The minimum atomic E-state index is -1.81. The maximum absolute atomic E-state index is 10.9. The van der Waals surface area contributed by atoms with Crippen LogP contribution in [0.15, 0.2) is 24.3 Å². The van der Waals surface area contributed by atoms with Gasteiger partial charge in [-0.25, -0.2) is 4.79 Å². The maximum atomic E-state index is 10.9. The van der Waals surface area contributed by atoms with Gasteiger partial charge in [0.2, 0.25) is 0 Å². The molecule has 3 rings (SSSR count). The van der Waals surface area contributed by atoms with E-state index in [-0.39, 0.29) is 12.2 Å². The molecular formula is C21H21I4NO11. The predicted molar refractivity (Wildman–Crippen MR) is 161 cm³/mol. The minimum absolute atomic E-state index is 0.242. The van der Waals surface area contributed by atoms with Gasteiger partial charge in [-0.15, -0.1) is 0 Å². The zero-order valence-corrected chi connectivity index (χ0v) is 27.0. The van der Waals surface area contributed by atoms with Gasteiger partial charge in [-0.3, -0.25) is 4.79 Å². The molecule has 1 saturated heterocycles. The fraction of sp³-hybridized carbons (Fsp3) is 0.333. The summed E-state index contributed by atoms with van der Waals surface area (Å²) in [5, 5.41) is 63.1. The van der Waals surface area contributed by atoms with Crippen LogP contribution >= 0.6 is 90.4 Å². The molecule has 16 heteroatoms. The number of nitrogens with two attached hydrogens (primary N) is 1. The first-order valence-electron chi connectivity index (χ1n) is 10.1. The number of carboxylic acid groups (broad SMARTS) is 2. The van der Waals surface area contributed by atoms with Crippen molar-refractivity contribution in [2.75, 3.05) is 0 Å². The number of aliphatic hydroxyl groups excluding tert-OH is 4. The van der Waals surface area contributed by atoms with E-state index in [4.69, 9.17) is 41.1 Å². The van der Waals surface area contributed by atoms with Crippen LogP contribution in [0.5, 0.6) is 17.2 Å². The Morgan fingerprint density at radius 2 is 1.41 bits per heavy atom. The van der Waals surface area contributed by atoms with Gasteiger partial charge in [0, 0.05) is 0 Å². The van der Waals surface area contributed by atoms with E-state index in [1.54, 1.807) is 12.1 Å². The van der Waals surface area contributed by atoms with E-state index in [1.807, 2.05) is 12.1 Å². The highest BCUT2D eigenvalue weighted by molar-refractivity contribution is 14.1. The number of rotatable bonds is 6. The van der Waals surface area contributed by atoms with Gasteiger partial charge in [0.05, 0.1) is 14.3 Å². The minimum Gasteiger partial charge on any atom is -0.506 e. The predicted octanol–water partition coefficient (Wildman–Crippen LogP) is 1.43. The molecule has 1 aliphatic rings. The molecule has 1 unspecified atom stereocenters. The Labute approximate surface area is 264 Å². The monoisotopic (exact) mass is 971 g/mol. The second kappa shape index (κ2) is 14.3. The summed E-state index contributed by atoms with van der Waals surface area (Å²) >= 11 is 8.42. The van der Waals surface area contributed by atoms with Gasteiger partial charge >= 0.3 is 11.9 Å². The lowest BCUT2D eigenvalue weighted by Crippen LogP contribution is -2.59. The first kappa shape index (κ1) is 32.9. The third-order valence-corrected chi connectivity index (χ3v) is 8.12. The number of aliphatic carboxylic acids is 2. The summed E-state index contributed by atoms with van der Waals surface area (Å²) in [6.45, 7) is 0. The van der Waals surface area contributed by atoms with Crippen LogP contribution in [0.25, 0.3) is 0 Å². The van der Waals surface area contributed by atoms with Crippen LogP contribution in [0.3, 0.4) is 0 Å². The number of carbonyl (C=O) groups is 2. The largest absolute Gasteiger partial charge is 0.506 e. The molecule has 204 valence electrons. The molecule has 2 aromatic rings. The Balaban J connectivity index is 0.000000312. The summed E-state index contributed by atoms with van der Waals surface area (Å²) < 4.78 is 13.5. The van der Waals surface area contributed by atoms with E-state index >= 15 is 0 Å². The average Bonchev–Trinajstić information content (AvgIpc) is 2.80. The van der Waals surface area contributed by atoms with Crippen molar-refractivity contribution in [2.24, 2.45) is 5.73 Å². The van der Waals surface area contributed by atoms with Crippen LogP contribution in [0.2, 0.25) is 0 Å². The van der Waals surface area contributed by atoms with Crippen molar-refractivity contribution in [1.82, 2.24) is 0 Å². The molecule has 9 N–H and O–H groups in total. The second-order valence-electron chi connectivity index (χ2n) is 7.63. The van der Waals surface area contributed by atoms with Crippen molar-refractivity contribution < 1.29 is 54.8 Å². The summed E-state index contributed by atoms with van der Waals surface area (Å²) in [4.78, 5) is 21.3. The normalized spacial score (nSPS) is 24.0. The third-order valence-electron chi connectivity index (χ3n) is 4.87. The molecule has 0 radical (unpaired) electrons. The molecule has 6 atom stereocenters. The van der Waals surface area contributed by atoms with E-state index in [0.29, 0.717) is 18.6 Å². The quantitative estimate of drug-likeness (QED) is 0.193.